The van der Waals surface area contributed by atoms with Crippen molar-refractivity contribution >= 4 is 29.0 Å². The van der Waals surface area contributed by atoms with Crippen LogP contribution < -0.4 is 10.2 Å². The predicted octanol–water partition coefficient (Wildman–Crippen LogP) is 3.72. The first-order valence-electron chi connectivity index (χ1n) is 7.92. The average molecular weight is 357 g/mol. The number of likely N-dealkylation sites (N-methyl/N-ethyl adjacent to an activating group) is 1. The summed E-state index contributed by atoms with van der Waals surface area (Å²) in [6, 6.07) is 14.8. The van der Waals surface area contributed by atoms with E-state index in [2.05, 4.69) is 11.9 Å². The normalized spacial score (nSPS) is 11.6. The zero-order valence-corrected chi connectivity index (χ0v) is 15.1. The molecule has 0 aliphatic carbocycles. The van der Waals surface area contributed by atoms with E-state index >= 15 is 0 Å². The van der Waals surface area contributed by atoms with Crippen LogP contribution in [-0.2, 0) is 4.79 Å². The number of Topliss-reactive ketones (excluding diaryl/α,β-unsaturated/α-hetero) is 1. The number of anilines is 1. The van der Waals surface area contributed by atoms with Gasteiger partial charge in [-0.15, -0.1) is 0 Å². The van der Waals surface area contributed by atoms with Crippen LogP contribution in [0.1, 0.15) is 17.3 Å². The molecule has 0 aromatic heterocycles. The van der Waals surface area contributed by atoms with E-state index in [0.717, 1.165) is 11.3 Å². The van der Waals surface area contributed by atoms with Crippen molar-refractivity contribution in [1.29, 1.82) is 0 Å². The molecule has 0 saturated carbocycles. The van der Waals surface area contributed by atoms with Crippen molar-refractivity contribution in [3.8, 4) is 0 Å². The van der Waals surface area contributed by atoms with E-state index in [1.807, 2.05) is 37.3 Å². The smallest absolute Gasteiger partial charge is 0.252 e. The number of nitrogens with one attached hydrogen (secondary N) is 1. The Labute approximate surface area is 153 Å². The average Bonchev–Trinajstić information content (AvgIpc) is 2.61. The van der Waals surface area contributed by atoms with Crippen molar-refractivity contribution in [2.45, 2.75) is 13.0 Å². The summed E-state index contributed by atoms with van der Waals surface area (Å²) in [6.07, 6.45) is 0. The molecule has 5 heteroatoms. The Kier molecular flexibility index (Phi) is 6.51. The molecule has 25 heavy (non-hydrogen) atoms. The van der Waals surface area contributed by atoms with Crippen LogP contribution in [0.5, 0.6) is 0 Å². The second kappa shape index (κ2) is 8.60. The topological polar surface area (TPSA) is 49.4 Å². The quantitative estimate of drug-likeness (QED) is 0.467. The number of para-hydroxylation sites is 1. The second-order valence-electron chi connectivity index (χ2n) is 5.81. The Morgan fingerprint density at radius 2 is 1.72 bits per heavy atom. The lowest BCUT2D eigenvalue weighted by Crippen LogP contribution is -2.50. The van der Waals surface area contributed by atoms with Crippen molar-refractivity contribution in [1.82, 2.24) is 5.32 Å². The summed E-state index contributed by atoms with van der Waals surface area (Å²) in [5, 5.41) is 3.37. The molecule has 0 bridgehead atoms. The maximum Gasteiger partial charge on any atom is 0.252 e. The predicted molar refractivity (Wildman–Crippen MR) is 102 cm³/mol. The lowest BCUT2D eigenvalue weighted by Gasteiger charge is -2.27. The molecule has 0 saturated heterocycles. The van der Waals surface area contributed by atoms with Crippen LogP contribution in [0.25, 0.3) is 0 Å². The Morgan fingerprint density at radius 3 is 2.24 bits per heavy atom. The number of ketones is 1. The second-order valence-corrected chi connectivity index (χ2v) is 6.25. The minimum Gasteiger partial charge on any atom is -0.307 e. The number of carbonyl (C=O) groups excluding carboxylic acids is 2. The van der Waals surface area contributed by atoms with Crippen LogP contribution in [0.2, 0.25) is 5.02 Å². The highest BCUT2D eigenvalue weighted by Gasteiger charge is 2.30. The molecule has 0 aliphatic rings. The number of hydrogen-bond donors (Lipinski definition) is 1. The SMILES string of the molecule is C=C(C)CN(C(=O)C(NC)C(=O)c1ccc(Cl)cc1)c1ccccc1. The molecule has 0 spiro atoms. The molecule has 2 aromatic carbocycles. The number of benzene rings is 2. The summed E-state index contributed by atoms with van der Waals surface area (Å²) in [7, 11) is 1.60. The molecule has 2 rings (SSSR count). The highest BCUT2D eigenvalue weighted by molar-refractivity contribution is 6.30. The molecule has 1 atom stereocenters. The summed E-state index contributed by atoms with van der Waals surface area (Å²) in [6.45, 7) is 6.07. The maximum absolute atomic E-state index is 13.1. The van der Waals surface area contributed by atoms with Gasteiger partial charge < -0.3 is 10.2 Å². The van der Waals surface area contributed by atoms with E-state index < -0.39 is 6.04 Å². The third-order valence-electron chi connectivity index (χ3n) is 3.69. The van der Waals surface area contributed by atoms with Crippen molar-refractivity contribution in [2.24, 2.45) is 0 Å². The van der Waals surface area contributed by atoms with Crippen LogP contribution >= 0.6 is 11.6 Å². The van der Waals surface area contributed by atoms with Crippen molar-refractivity contribution in [3.05, 3.63) is 77.3 Å². The van der Waals surface area contributed by atoms with Crippen LogP contribution in [0.15, 0.2) is 66.7 Å². The van der Waals surface area contributed by atoms with E-state index in [1.54, 1.807) is 36.2 Å². The zero-order chi connectivity index (χ0) is 18.4. The van der Waals surface area contributed by atoms with Crippen molar-refractivity contribution in [2.75, 3.05) is 18.5 Å². The fraction of sp³-hybridized carbons (Fsp3) is 0.200. The van der Waals surface area contributed by atoms with Gasteiger partial charge in [-0.25, -0.2) is 0 Å². The molecule has 1 N–H and O–H groups in total. The Bertz CT molecular complexity index is 757. The number of hydrogen-bond acceptors (Lipinski definition) is 3. The molecule has 0 radical (unpaired) electrons. The molecular formula is C20H21ClN2O2. The van der Waals surface area contributed by atoms with E-state index in [9.17, 15) is 9.59 Å². The van der Waals surface area contributed by atoms with E-state index in [1.165, 1.54) is 0 Å². The highest BCUT2D eigenvalue weighted by atomic mass is 35.5. The molecule has 2 aromatic rings. The zero-order valence-electron chi connectivity index (χ0n) is 14.3. The number of nitrogens with zero attached hydrogens (tertiary/aromatic N) is 1. The molecule has 0 fully saturated rings. The van der Waals surface area contributed by atoms with Gasteiger partial charge in [-0.05, 0) is 50.4 Å². The first kappa shape index (κ1) is 18.9. The maximum atomic E-state index is 13.1. The molecule has 0 aliphatic heterocycles. The van der Waals surface area contributed by atoms with Gasteiger partial charge in [-0.1, -0.05) is 42.0 Å². The lowest BCUT2D eigenvalue weighted by atomic mass is 10.0. The monoisotopic (exact) mass is 356 g/mol. The molecule has 1 unspecified atom stereocenters. The van der Waals surface area contributed by atoms with Gasteiger partial charge in [0.2, 0.25) is 0 Å². The van der Waals surface area contributed by atoms with Crippen LogP contribution in [0.4, 0.5) is 5.69 Å². The first-order chi connectivity index (χ1) is 11.9. The minimum atomic E-state index is -0.985. The fourth-order valence-corrected chi connectivity index (χ4v) is 2.60. The van der Waals surface area contributed by atoms with Crippen LogP contribution in [0.3, 0.4) is 0 Å². The number of carbonyl (C=O) groups is 2. The molecular weight excluding hydrogens is 336 g/mol. The van der Waals surface area contributed by atoms with E-state index in [0.29, 0.717) is 17.1 Å². The van der Waals surface area contributed by atoms with E-state index in [4.69, 9.17) is 11.6 Å². The fourth-order valence-electron chi connectivity index (χ4n) is 2.48. The Morgan fingerprint density at radius 1 is 1.12 bits per heavy atom. The van der Waals surface area contributed by atoms with Gasteiger partial charge in [0, 0.05) is 22.8 Å². The Hall–Kier alpha value is -2.43. The largest absolute Gasteiger partial charge is 0.307 e. The van der Waals surface area contributed by atoms with Gasteiger partial charge in [-0.3, -0.25) is 9.59 Å². The summed E-state index contributed by atoms with van der Waals surface area (Å²) < 4.78 is 0. The van der Waals surface area contributed by atoms with Crippen molar-refractivity contribution in [3.63, 3.8) is 0 Å². The standard InChI is InChI=1S/C20H21ClN2O2/c1-14(2)13-23(17-7-5-4-6-8-17)20(25)18(22-3)19(24)15-9-11-16(21)12-10-15/h4-12,18,22H,1,13H2,2-3H3. The minimum absolute atomic E-state index is 0.299. The van der Waals surface area contributed by atoms with Crippen molar-refractivity contribution < 1.29 is 9.59 Å². The molecule has 130 valence electrons. The highest BCUT2D eigenvalue weighted by Crippen LogP contribution is 2.18. The van der Waals surface area contributed by atoms with Crippen LogP contribution in [0, 0.1) is 0 Å². The van der Waals surface area contributed by atoms with Gasteiger partial charge in [-0.2, -0.15) is 0 Å². The van der Waals surface area contributed by atoms with Gasteiger partial charge in [0.05, 0.1) is 0 Å². The first-order valence-corrected chi connectivity index (χ1v) is 8.29. The molecule has 1 amide bonds. The van der Waals surface area contributed by atoms with Gasteiger partial charge >= 0.3 is 0 Å². The number of rotatable bonds is 7. The molecule has 0 heterocycles. The lowest BCUT2D eigenvalue weighted by molar-refractivity contribution is -0.119. The van der Waals surface area contributed by atoms with E-state index in [-0.39, 0.29) is 11.7 Å². The third kappa shape index (κ3) is 4.78. The summed E-state index contributed by atoms with van der Waals surface area (Å²) in [4.78, 5) is 27.4. The summed E-state index contributed by atoms with van der Waals surface area (Å²) >= 11 is 5.87. The number of halogens is 1. The summed E-state index contributed by atoms with van der Waals surface area (Å²) in [5.41, 5.74) is 1.98. The van der Waals surface area contributed by atoms with Gasteiger partial charge in [0.15, 0.2) is 11.8 Å². The number of amides is 1. The third-order valence-corrected chi connectivity index (χ3v) is 3.94. The van der Waals surface area contributed by atoms with Crippen LogP contribution in [-0.4, -0.2) is 31.3 Å². The molecule has 4 nitrogen and oxygen atoms in total. The van der Waals surface area contributed by atoms with Gasteiger partial charge in [0.25, 0.3) is 5.91 Å². The Balaban J connectivity index is 2.32. The summed E-state index contributed by atoms with van der Waals surface area (Å²) in [5.74, 6) is -0.622. The van der Waals surface area contributed by atoms with Gasteiger partial charge in [0.1, 0.15) is 0 Å².